The molecule has 1 aliphatic rings. The maximum Gasteiger partial charge on any atom is 0.274 e. The number of nitrogen functional groups attached to an aromatic ring is 1. The van der Waals surface area contributed by atoms with Gasteiger partial charge in [0.25, 0.3) is 5.56 Å². The zero-order valence-electron chi connectivity index (χ0n) is 15.1. The highest BCUT2D eigenvalue weighted by atomic mass is 16.1. The van der Waals surface area contributed by atoms with E-state index in [1.54, 1.807) is 0 Å². The number of aryl methyl sites for hydroxylation is 2. The summed E-state index contributed by atoms with van der Waals surface area (Å²) in [6, 6.07) is 17.1. The molecule has 2 aromatic carbocycles. The molecular weight excluding hydrogens is 350 g/mol. The largest absolute Gasteiger partial charge is 0.384 e. The number of fused-ring (bicyclic) bond motifs is 2. The van der Waals surface area contributed by atoms with E-state index in [0.717, 1.165) is 30.3 Å². The van der Waals surface area contributed by atoms with Gasteiger partial charge in [0.05, 0.1) is 22.3 Å². The van der Waals surface area contributed by atoms with Gasteiger partial charge in [-0.3, -0.25) is 9.36 Å². The molecule has 0 spiro atoms. The number of benzene rings is 2. The molecule has 136 valence electrons. The van der Waals surface area contributed by atoms with Crippen LogP contribution >= 0.6 is 0 Å². The number of rotatable bonds is 2. The summed E-state index contributed by atoms with van der Waals surface area (Å²) in [5, 5.41) is 9.51. The lowest BCUT2D eigenvalue weighted by molar-refractivity contribution is 0.911. The van der Waals surface area contributed by atoms with Crippen molar-refractivity contribution in [2.24, 2.45) is 0 Å². The van der Waals surface area contributed by atoms with Gasteiger partial charge in [0.15, 0.2) is 0 Å². The second-order valence-electron chi connectivity index (χ2n) is 7.02. The summed E-state index contributed by atoms with van der Waals surface area (Å²) in [5.41, 5.74) is 11.5. The van der Waals surface area contributed by atoms with E-state index in [2.05, 4.69) is 9.97 Å². The van der Waals surface area contributed by atoms with Crippen LogP contribution in [-0.4, -0.2) is 14.5 Å². The smallest absolute Gasteiger partial charge is 0.274 e. The highest BCUT2D eigenvalue weighted by molar-refractivity contribution is 5.82. The van der Waals surface area contributed by atoms with Gasteiger partial charge in [0.1, 0.15) is 23.3 Å². The number of anilines is 1. The Balaban J connectivity index is 1.77. The molecular formula is C22H17N5O. The van der Waals surface area contributed by atoms with E-state index in [1.165, 1.54) is 21.8 Å². The number of nitrogens with zero attached hydrogens (tertiary/aromatic N) is 3. The molecule has 28 heavy (non-hydrogen) atoms. The van der Waals surface area contributed by atoms with Crippen LogP contribution in [0.5, 0.6) is 0 Å². The molecule has 0 unspecified atom stereocenters. The van der Waals surface area contributed by atoms with Gasteiger partial charge in [-0.1, -0.05) is 18.2 Å². The lowest BCUT2D eigenvalue weighted by atomic mass is 10.1. The Morgan fingerprint density at radius 2 is 1.93 bits per heavy atom. The molecule has 3 N–H and O–H groups in total. The number of H-pyrrole nitrogens is 1. The molecule has 0 saturated carbocycles. The third-order valence-corrected chi connectivity index (χ3v) is 5.34. The van der Waals surface area contributed by atoms with Crippen LogP contribution in [0, 0.1) is 11.3 Å². The van der Waals surface area contributed by atoms with Crippen molar-refractivity contribution in [3.05, 3.63) is 75.6 Å². The molecule has 0 aliphatic heterocycles. The SMILES string of the molecule is N#Cc1cc(-c2nc3ccccc3[nH]2)c(N)n(-c2ccc3c(c2)CCC3)c1=O. The predicted molar refractivity (Wildman–Crippen MR) is 108 cm³/mol. The standard InChI is InChI=1S/C22H17N5O/c23-12-15-11-17(21-25-18-6-1-2-7-19(18)26-21)20(24)27(22(15)28)16-9-8-13-4-3-5-14(13)10-16/h1-2,6-11H,3-5,24H2,(H,25,26). The molecule has 5 rings (SSSR count). The molecule has 0 atom stereocenters. The Labute approximate surface area is 160 Å². The Kier molecular flexibility index (Phi) is 3.56. The van der Waals surface area contributed by atoms with Crippen LogP contribution < -0.4 is 11.3 Å². The fourth-order valence-electron chi connectivity index (χ4n) is 3.93. The number of hydrogen-bond acceptors (Lipinski definition) is 4. The number of aromatic nitrogens is 3. The first-order valence-corrected chi connectivity index (χ1v) is 9.18. The molecule has 0 radical (unpaired) electrons. The Morgan fingerprint density at radius 3 is 2.75 bits per heavy atom. The van der Waals surface area contributed by atoms with Crippen LogP contribution in [0.2, 0.25) is 0 Å². The van der Waals surface area contributed by atoms with Gasteiger partial charge >= 0.3 is 0 Å². The Hall–Kier alpha value is -3.85. The number of nitriles is 1. The maximum atomic E-state index is 12.9. The fourth-order valence-corrected chi connectivity index (χ4v) is 3.93. The number of hydrogen-bond donors (Lipinski definition) is 2. The van der Waals surface area contributed by atoms with Gasteiger partial charge in [-0.2, -0.15) is 5.26 Å². The van der Waals surface area contributed by atoms with Gasteiger partial charge in [0, 0.05) is 0 Å². The molecule has 6 nitrogen and oxygen atoms in total. The molecule has 0 fully saturated rings. The summed E-state index contributed by atoms with van der Waals surface area (Å²) in [6.07, 6.45) is 3.17. The molecule has 0 bridgehead atoms. The third-order valence-electron chi connectivity index (χ3n) is 5.34. The number of imidazole rings is 1. The first kappa shape index (κ1) is 16.3. The van der Waals surface area contributed by atoms with E-state index in [1.807, 2.05) is 48.5 Å². The highest BCUT2D eigenvalue weighted by Crippen LogP contribution is 2.29. The number of nitrogens with one attached hydrogen (secondary N) is 1. The topological polar surface area (TPSA) is 100 Å². The van der Waals surface area contributed by atoms with Crippen molar-refractivity contribution in [3.8, 4) is 23.1 Å². The van der Waals surface area contributed by atoms with Gasteiger partial charge < -0.3 is 10.7 Å². The minimum Gasteiger partial charge on any atom is -0.384 e. The summed E-state index contributed by atoms with van der Waals surface area (Å²) < 4.78 is 1.42. The van der Waals surface area contributed by atoms with Gasteiger partial charge in [0.2, 0.25) is 0 Å². The lowest BCUT2D eigenvalue weighted by Gasteiger charge is -2.14. The van der Waals surface area contributed by atoms with Crippen molar-refractivity contribution in [1.82, 2.24) is 14.5 Å². The minimum atomic E-state index is -0.419. The molecule has 0 saturated heterocycles. The summed E-state index contributed by atoms with van der Waals surface area (Å²) in [4.78, 5) is 20.7. The molecule has 2 heterocycles. The second-order valence-corrected chi connectivity index (χ2v) is 7.02. The normalized spacial score (nSPS) is 12.8. The van der Waals surface area contributed by atoms with Gasteiger partial charge in [-0.25, -0.2) is 4.98 Å². The van der Waals surface area contributed by atoms with Crippen molar-refractivity contribution in [3.63, 3.8) is 0 Å². The van der Waals surface area contributed by atoms with E-state index < -0.39 is 5.56 Å². The number of pyridine rings is 1. The molecule has 1 aliphatic carbocycles. The van der Waals surface area contributed by atoms with Crippen molar-refractivity contribution < 1.29 is 0 Å². The predicted octanol–water partition coefficient (Wildman–Crippen LogP) is 3.32. The number of aromatic amines is 1. The minimum absolute atomic E-state index is 0.0326. The maximum absolute atomic E-state index is 12.9. The summed E-state index contributed by atoms with van der Waals surface area (Å²) >= 11 is 0. The molecule has 2 aromatic heterocycles. The average Bonchev–Trinajstić information content (AvgIpc) is 3.34. The van der Waals surface area contributed by atoms with E-state index >= 15 is 0 Å². The van der Waals surface area contributed by atoms with Gasteiger partial charge in [-0.05, 0) is 60.7 Å². The lowest BCUT2D eigenvalue weighted by Crippen LogP contribution is -2.24. The second kappa shape index (κ2) is 6.10. The number of nitrogens with two attached hydrogens (primary N) is 1. The Morgan fingerprint density at radius 1 is 1.11 bits per heavy atom. The van der Waals surface area contributed by atoms with Crippen molar-refractivity contribution in [2.75, 3.05) is 5.73 Å². The first-order chi connectivity index (χ1) is 13.7. The molecule has 4 aromatic rings. The summed E-state index contributed by atoms with van der Waals surface area (Å²) in [5.74, 6) is 0.797. The van der Waals surface area contributed by atoms with Crippen molar-refractivity contribution >= 4 is 16.9 Å². The quantitative estimate of drug-likeness (QED) is 0.567. The third kappa shape index (κ3) is 2.41. The van der Waals surface area contributed by atoms with Gasteiger partial charge in [-0.15, -0.1) is 0 Å². The summed E-state index contributed by atoms with van der Waals surface area (Å²) in [6.45, 7) is 0. The van der Waals surface area contributed by atoms with Crippen molar-refractivity contribution in [1.29, 1.82) is 5.26 Å². The number of para-hydroxylation sites is 2. The fraction of sp³-hybridized carbons (Fsp3) is 0.136. The monoisotopic (exact) mass is 367 g/mol. The first-order valence-electron chi connectivity index (χ1n) is 9.18. The average molecular weight is 367 g/mol. The highest BCUT2D eigenvalue weighted by Gasteiger charge is 2.19. The van der Waals surface area contributed by atoms with E-state index in [9.17, 15) is 10.1 Å². The van der Waals surface area contributed by atoms with E-state index in [0.29, 0.717) is 17.1 Å². The molecule has 6 heteroatoms. The van der Waals surface area contributed by atoms with Crippen LogP contribution in [-0.2, 0) is 12.8 Å². The van der Waals surface area contributed by atoms with E-state index in [-0.39, 0.29) is 11.4 Å². The van der Waals surface area contributed by atoms with Crippen LogP contribution in [0.4, 0.5) is 5.82 Å². The zero-order valence-corrected chi connectivity index (χ0v) is 15.1. The summed E-state index contributed by atoms with van der Waals surface area (Å²) in [7, 11) is 0. The molecule has 0 amide bonds. The zero-order chi connectivity index (χ0) is 19.3. The van der Waals surface area contributed by atoms with E-state index in [4.69, 9.17) is 5.73 Å². The van der Waals surface area contributed by atoms with Crippen molar-refractivity contribution in [2.45, 2.75) is 19.3 Å². The van der Waals surface area contributed by atoms with Crippen LogP contribution in [0.25, 0.3) is 28.1 Å². The van der Waals surface area contributed by atoms with Crippen LogP contribution in [0.3, 0.4) is 0 Å². The van der Waals surface area contributed by atoms with Crippen LogP contribution in [0.1, 0.15) is 23.1 Å². The van der Waals surface area contributed by atoms with Crippen LogP contribution in [0.15, 0.2) is 53.3 Å². The Bertz CT molecular complexity index is 1310.